The van der Waals surface area contributed by atoms with Crippen molar-refractivity contribution in [1.82, 2.24) is 0 Å². The molecular formula is C23H26O7. The van der Waals surface area contributed by atoms with E-state index < -0.39 is 18.0 Å². The van der Waals surface area contributed by atoms with Crippen molar-refractivity contribution in [1.29, 1.82) is 0 Å². The van der Waals surface area contributed by atoms with Crippen LogP contribution in [-0.4, -0.2) is 46.3 Å². The third kappa shape index (κ3) is 4.06. The van der Waals surface area contributed by atoms with E-state index in [1.165, 1.54) is 28.3 Å². The van der Waals surface area contributed by atoms with E-state index >= 15 is 0 Å². The Morgan fingerprint density at radius 3 is 1.93 bits per heavy atom. The third-order valence-electron chi connectivity index (χ3n) is 5.39. The lowest BCUT2D eigenvalue weighted by atomic mass is 9.83. The fourth-order valence-electron chi connectivity index (χ4n) is 4.05. The normalized spacial score (nSPS) is 20.6. The van der Waals surface area contributed by atoms with Crippen molar-refractivity contribution in [3.63, 3.8) is 0 Å². The number of Topliss-reactive ketones (excluding diaryl/α,β-unsaturated/α-hetero) is 1. The van der Waals surface area contributed by atoms with Crippen molar-refractivity contribution in [3.05, 3.63) is 47.5 Å². The van der Waals surface area contributed by atoms with Crippen LogP contribution in [0.1, 0.15) is 36.3 Å². The molecule has 3 unspecified atom stereocenters. The monoisotopic (exact) mass is 414 g/mol. The van der Waals surface area contributed by atoms with Gasteiger partial charge in [-0.15, -0.1) is 0 Å². The van der Waals surface area contributed by atoms with Crippen LogP contribution in [0.5, 0.6) is 23.0 Å². The van der Waals surface area contributed by atoms with E-state index in [0.717, 1.165) is 11.3 Å². The van der Waals surface area contributed by atoms with Crippen LogP contribution in [0.2, 0.25) is 0 Å². The summed E-state index contributed by atoms with van der Waals surface area (Å²) in [6.45, 7) is 1.31. The molecule has 0 aromatic heterocycles. The summed E-state index contributed by atoms with van der Waals surface area (Å²) in [5, 5.41) is 0. The molecule has 160 valence electrons. The Labute approximate surface area is 175 Å². The molecule has 2 aromatic rings. The van der Waals surface area contributed by atoms with Crippen molar-refractivity contribution >= 4 is 11.8 Å². The molecule has 2 aromatic carbocycles. The number of hydrogen-bond acceptors (Lipinski definition) is 7. The summed E-state index contributed by atoms with van der Waals surface area (Å²) in [7, 11) is 6.18. The molecule has 7 heteroatoms. The van der Waals surface area contributed by atoms with Gasteiger partial charge in [0.2, 0.25) is 5.75 Å². The van der Waals surface area contributed by atoms with Crippen LogP contribution in [0.15, 0.2) is 36.4 Å². The summed E-state index contributed by atoms with van der Waals surface area (Å²) in [4.78, 5) is 24.8. The number of carbonyl (C=O) groups excluding carboxylic acids is 2. The Hall–Kier alpha value is -3.22. The Kier molecular flexibility index (Phi) is 6.50. The topological polar surface area (TPSA) is 80.3 Å². The summed E-state index contributed by atoms with van der Waals surface area (Å²) < 4.78 is 26.9. The van der Waals surface area contributed by atoms with Gasteiger partial charge in [0.15, 0.2) is 23.4 Å². The first-order chi connectivity index (χ1) is 14.4. The number of methoxy groups -OCH3 is 4. The van der Waals surface area contributed by atoms with Gasteiger partial charge in [0.05, 0.1) is 34.4 Å². The largest absolute Gasteiger partial charge is 0.497 e. The fourth-order valence-corrected chi connectivity index (χ4v) is 4.05. The number of benzene rings is 2. The molecule has 0 bridgehead atoms. The zero-order valence-corrected chi connectivity index (χ0v) is 17.8. The first kappa shape index (κ1) is 21.5. The maximum absolute atomic E-state index is 13.3. The molecule has 3 atom stereocenters. The van der Waals surface area contributed by atoms with Crippen LogP contribution in [0.4, 0.5) is 0 Å². The fraction of sp³-hybridized carbons (Fsp3) is 0.391. The van der Waals surface area contributed by atoms with Crippen LogP contribution in [0, 0.1) is 0 Å². The number of ketones is 1. The van der Waals surface area contributed by atoms with E-state index in [4.69, 9.17) is 23.7 Å². The smallest absolute Gasteiger partial charge is 0.303 e. The molecule has 3 rings (SSSR count). The molecule has 30 heavy (non-hydrogen) atoms. The first-order valence-electron chi connectivity index (χ1n) is 9.58. The number of carbonyl (C=O) groups is 2. The van der Waals surface area contributed by atoms with Gasteiger partial charge >= 0.3 is 5.97 Å². The molecule has 0 aliphatic heterocycles. The van der Waals surface area contributed by atoms with Gasteiger partial charge in [-0.25, -0.2) is 0 Å². The molecule has 1 fully saturated rings. The van der Waals surface area contributed by atoms with Gasteiger partial charge in [-0.1, -0.05) is 12.1 Å². The summed E-state index contributed by atoms with van der Waals surface area (Å²) >= 11 is 0. The number of hydrogen-bond donors (Lipinski definition) is 0. The quantitative estimate of drug-likeness (QED) is 0.642. The van der Waals surface area contributed by atoms with Crippen molar-refractivity contribution < 1.29 is 33.3 Å². The van der Waals surface area contributed by atoms with Crippen molar-refractivity contribution in [3.8, 4) is 23.0 Å². The standard InChI is InChI=1S/C23H26O7/c1-13(24)30-18-12-17(14-6-8-16(26-2)9-7-14)21(22(18)25)15-10-19(27-3)23(29-5)20(11-15)28-4/h6-11,17-18,21H,12H2,1-5H3. The summed E-state index contributed by atoms with van der Waals surface area (Å²) in [5.74, 6) is 0.753. The maximum atomic E-state index is 13.3. The van der Waals surface area contributed by atoms with Crippen LogP contribution in [0.25, 0.3) is 0 Å². The van der Waals surface area contributed by atoms with Gasteiger partial charge in [-0.05, 0) is 41.8 Å². The van der Waals surface area contributed by atoms with E-state index in [1.54, 1.807) is 19.2 Å². The first-order valence-corrected chi connectivity index (χ1v) is 9.58. The minimum Gasteiger partial charge on any atom is -0.497 e. The molecule has 1 saturated carbocycles. The highest BCUT2D eigenvalue weighted by Crippen LogP contribution is 2.49. The Balaban J connectivity index is 2.09. The lowest BCUT2D eigenvalue weighted by Gasteiger charge is -2.21. The van der Waals surface area contributed by atoms with E-state index in [2.05, 4.69) is 0 Å². The van der Waals surface area contributed by atoms with Crippen molar-refractivity contribution in [2.75, 3.05) is 28.4 Å². The second-order valence-electron chi connectivity index (χ2n) is 7.05. The predicted octanol–water partition coefficient (Wildman–Crippen LogP) is 3.49. The highest BCUT2D eigenvalue weighted by molar-refractivity contribution is 5.95. The molecule has 0 heterocycles. The van der Waals surface area contributed by atoms with Gasteiger partial charge in [0, 0.05) is 12.8 Å². The van der Waals surface area contributed by atoms with E-state index in [9.17, 15) is 9.59 Å². The molecule has 0 N–H and O–H groups in total. The van der Waals surface area contributed by atoms with Crippen LogP contribution in [0.3, 0.4) is 0 Å². The maximum Gasteiger partial charge on any atom is 0.303 e. The molecule has 1 aliphatic rings. The van der Waals surface area contributed by atoms with Gasteiger partial charge in [0.1, 0.15) is 5.75 Å². The van der Waals surface area contributed by atoms with E-state index in [1.807, 2.05) is 24.3 Å². The summed E-state index contributed by atoms with van der Waals surface area (Å²) in [6, 6.07) is 11.1. The third-order valence-corrected chi connectivity index (χ3v) is 5.39. The van der Waals surface area contributed by atoms with Gasteiger partial charge in [0.25, 0.3) is 0 Å². The van der Waals surface area contributed by atoms with Crippen LogP contribution < -0.4 is 18.9 Å². The molecule has 1 aliphatic carbocycles. The van der Waals surface area contributed by atoms with Gasteiger partial charge in [-0.3, -0.25) is 9.59 Å². The molecule has 0 spiro atoms. The lowest BCUT2D eigenvalue weighted by molar-refractivity contribution is -0.151. The molecule has 0 amide bonds. The second-order valence-corrected chi connectivity index (χ2v) is 7.05. The zero-order chi connectivity index (χ0) is 21.8. The minimum atomic E-state index is -0.807. The number of ether oxygens (including phenoxy) is 5. The average molecular weight is 414 g/mol. The highest BCUT2D eigenvalue weighted by Gasteiger charge is 2.46. The van der Waals surface area contributed by atoms with Crippen LogP contribution in [-0.2, 0) is 14.3 Å². The van der Waals surface area contributed by atoms with Crippen molar-refractivity contribution in [2.24, 2.45) is 0 Å². The summed E-state index contributed by atoms with van der Waals surface area (Å²) in [6.07, 6.45) is -0.412. The Morgan fingerprint density at radius 2 is 1.47 bits per heavy atom. The van der Waals surface area contributed by atoms with Crippen molar-refractivity contribution in [2.45, 2.75) is 31.3 Å². The molecule has 0 radical (unpaired) electrons. The minimum absolute atomic E-state index is 0.153. The molecular weight excluding hydrogens is 388 g/mol. The predicted molar refractivity (Wildman–Crippen MR) is 110 cm³/mol. The second kappa shape index (κ2) is 9.07. The average Bonchev–Trinajstić information content (AvgIpc) is 3.07. The summed E-state index contributed by atoms with van der Waals surface area (Å²) in [5.41, 5.74) is 1.67. The number of esters is 1. The molecule has 0 saturated heterocycles. The number of rotatable bonds is 7. The SMILES string of the molecule is COc1ccc(C2CC(OC(C)=O)C(=O)C2c2cc(OC)c(OC)c(OC)c2)cc1. The lowest BCUT2D eigenvalue weighted by Crippen LogP contribution is -2.23. The molecule has 7 nitrogen and oxygen atoms in total. The Bertz CT molecular complexity index is 895. The zero-order valence-electron chi connectivity index (χ0n) is 17.8. The van der Waals surface area contributed by atoms with Gasteiger partial charge < -0.3 is 23.7 Å². The Morgan fingerprint density at radius 1 is 0.867 bits per heavy atom. The van der Waals surface area contributed by atoms with E-state index in [0.29, 0.717) is 29.2 Å². The van der Waals surface area contributed by atoms with E-state index in [-0.39, 0.29) is 11.7 Å². The van der Waals surface area contributed by atoms with Gasteiger partial charge in [-0.2, -0.15) is 0 Å². The highest BCUT2D eigenvalue weighted by atomic mass is 16.5. The van der Waals surface area contributed by atoms with Crippen LogP contribution >= 0.6 is 0 Å².